The number of benzene rings is 1. The second-order valence-corrected chi connectivity index (χ2v) is 9.12. The van der Waals surface area contributed by atoms with Crippen molar-refractivity contribution in [3.8, 4) is 0 Å². The van der Waals surface area contributed by atoms with Gasteiger partial charge in [0.1, 0.15) is 35.1 Å². The van der Waals surface area contributed by atoms with Gasteiger partial charge in [-0.2, -0.15) is 0 Å². The van der Waals surface area contributed by atoms with Gasteiger partial charge in [-0.25, -0.2) is 4.39 Å². The normalized spacial score (nSPS) is 32.5. The van der Waals surface area contributed by atoms with Crippen LogP contribution >= 0.6 is 11.6 Å². The molecule has 1 aromatic carbocycles. The molecular weight excluding hydrogens is 445 g/mol. The van der Waals surface area contributed by atoms with E-state index in [1.165, 1.54) is 6.07 Å². The van der Waals surface area contributed by atoms with Crippen LogP contribution in [0.1, 0.15) is 32.4 Å². The minimum absolute atomic E-state index is 0.234. The van der Waals surface area contributed by atoms with Crippen molar-refractivity contribution in [2.24, 2.45) is 4.99 Å². The third kappa shape index (κ3) is 3.68. The number of aliphatic imine (C=N–C) groups is 1. The zero-order valence-corrected chi connectivity index (χ0v) is 19.6. The number of fused-ring (bicyclic) bond motifs is 2. The SMILES string of the molecule is CCOC1=CC=CC2=NC(c3c(F)cccc3Cl)C(C)(NC3=CC4OCCOC4(C)C=C3)N12. The lowest BCUT2D eigenvalue weighted by Crippen LogP contribution is -2.58. The first-order valence-corrected chi connectivity index (χ1v) is 11.5. The lowest BCUT2D eigenvalue weighted by atomic mass is 9.89. The minimum atomic E-state index is -0.910. The lowest BCUT2D eigenvalue weighted by molar-refractivity contribution is -0.155. The van der Waals surface area contributed by atoms with Crippen LogP contribution in [-0.2, 0) is 14.2 Å². The Labute approximate surface area is 198 Å². The summed E-state index contributed by atoms with van der Waals surface area (Å²) in [6.45, 7) is 7.48. The fourth-order valence-corrected chi connectivity index (χ4v) is 5.09. The van der Waals surface area contributed by atoms with Gasteiger partial charge in [0.15, 0.2) is 5.88 Å². The standard InChI is InChI=1S/C25H27ClFN3O3/c1-4-31-21-10-6-9-20-28-23(22-17(26)7-5-8-18(22)27)25(3,30(20)21)29-16-11-12-24(2)19(15-16)32-13-14-33-24/h5-12,15,19,23,29H,4,13-14H2,1-3H3. The topological polar surface area (TPSA) is 55.3 Å². The summed E-state index contributed by atoms with van der Waals surface area (Å²) in [6, 6.07) is 4.05. The van der Waals surface area contributed by atoms with Gasteiger partial charge in [0.25, 0.3) is 0 Å². The molecule has 0 bridgehead atoms. The van der Waals surface area contributed by atoms with E-state index in [9.17, 15) is 0 Å². The molecule has 3 heterocycles. The molecule has 6 nitrogen and oxygen atoms in total. The summed E-state index contributed by atoms with van der Waals surface area (Å²) in [5.41, 5.74) is -0.264. The van der Waals surface area contributed by atoms with Gasteiger partial charge in [-0.05, 0) is 63.3 Å². The summed E-state index contributed by atoms with van der Waals surface area (Å²) >= 11 is 6.50. The van der Waals surface area contributed by atoms with Crippen LogP contribution in [0.3, 0.4) is 0 Å². The summed E-state index contributed by atoms with van der Waals surface area (Å²) < 4.78 is 32.9. The Kier molecular flexibility index (Phi) is 5.59. The van der Waals surface area contributed by atoms with Crippen molar-refractivity contribution in [1.29, 1.82) is 0 Å². The zero-order valence-electron chi connectivity index (χ0n) is 18.8. The number of nitrogens with zero attached hydrogens (tertiary/aromatic N) is 2. The average Bonchev–Trinajstić information content (AvgIpc) is 3.07. The first-order chi connectivity index (χ1) is 15.9. The van der Waals surface area contributed by atoms with Crippen LogP contribution < -0.4 is 5.32 Å². The van der Waals surface area contributed by atoms with Crippen LogP contribution in [0.5, 0.6) is 0 Å². The van der Waals surface area contributed by atoms with E-state index in [0.29, 0.717) is 42.1 Å². The number of rotatable bonds is 5. The van der Waals surface area contributed by atoms with Crippen molar-refractivity contribution >= 4 is 17.4 Å². The third-order valence-corrected chi connectivity index (χ3v) is 6.77. The maximum absolute atomic E-state index is 15.1. The Hall–Kier alpha value is -2.61. The van der Waals surface area contributed by atoms with E-state index in [2.05, 4.69) is 5.32 Å². The molecule has 4 unspecified atom stereocenters. The van der Waals surface area contributed by atoms with Crippen molar-refractivity contribution in [2.45, 2.75) is 44.2 Å². The molecule has 174 valence electrons. The first kappa shape index (κ1) is 22.2. The molecule has 3 aliphatic heterocycles. The van der Waals surface area contributed by atoms with Crippen molar-refractivity contribution in [3.63, 3.8) is 0 Å². The number of halogens is 2. The molecular formula is C25H27ClFN3O3. The monoisotopic (exact) mass is 471 g/mol. The second-order valence-electron chi connectivity index (χ2n) is 8.71. The predicted molar refractivity (Wildman–Crippen MR) is 125 cm³/mol. The van der Waals surface area contributed by atoms with Crippen molar-refractivity contribution in [3.05, 3.63) is 82.6 Å². The van der Waals surface area contributed by atoms with Gasteiger partial charge in [-0.15, -0.1) is 0 Å². The van der Waals surface area contributed by atoms with E-state index in [4.69, 9.17) is 30.8 Å². The van der Waals surface area contributed by atoms with Crippen molar-refractivity contribution < 1.29 is 18.6 Å². The number of allylic oxidation sites excluding steroid dienone is 3. The predicted octanol–water partition coefficient (Wildman–Crippen LogP) is 4.62. The molecule has 0 amide bonds. The zero-order chi connectivity index (χ0) is 23.2. The summed E-state index contributed by atoms with van der Waals surface area (Å²) in [5.74, 6) is 0.898. The molecule has 1 fully saturated rings. The van der Waals surface area contributed by atoms with Crippen LogP contribution in [0.2, 0.25) is 5.02 Å². The highest BCUT2D eigenvalue weighted by atomic mass is 35.5. The van der Waals surface area contributed by atoms with E-state index in [-0.39, 0.29) is 6.10 Å². The van der Waals surface area contributed by atoms with Crippen LogP contribution in [0.25, 0.3) is 0 Å². The highest BCUT2D eigenvalue weighted by Crippen LogP contribution is 2.46. The van der Waals surface area contributed by atoms with E-state index >= 15 is 4.39 Å². The molecule has 0 spiro atoms. The molecule has 33 heavy (non-hydrogen) atoms. The molecule has 0 aromatic heterocycles. The van der Waals surface area contributed by atoms with Gasteiger partial charge in [0, 0.05) is 16.3 Å². The molecule has 1 aromatic rings. The van der Waals surface area contributed by atoms with Crippen LogP contribution in [-0.4, -0.2) is 47.9 Å². The number of ether oxygens (including phenoxy) is 3. The minimum Gasteiger partial charge on any atom is -0.479 e. The summed E-state index contributed by atoms with van der Waals surface area (Å²) in [4.78, 5) is 6.85. The largest absolute Gasteiger partial charge is 0.479 e. The van der Waals surface area contributed by atoms with Crippen LogP contribution in [0.4, 0.5) is 4.39 Å². The Bertz CT molecular complexity index is 1090. The molecule has 0 radical (unpaired) electrons. The quantitative estimate of drug-likeness (QED) is 0.679. The van der Waals surface area contributed by atoms with Gasteiger partial charge in [-0.3, -0.25) is 9.89 Å². The lowest BCUT2D eigenvalue weighted by Gasteiger charge is -2.45. The Morgan fingerprint density at radius 1 is 1.30 bits per heavy atom. The van der Waals surface area contributed by atoms with E-state index in [1.807, 2.05) is 62.1 Å². The Morgan fingerprint density at radius 2 is 2.15 bits per heavy atom. The fourth-order valence-electron chi connectivity index (χ4n) is 4.82. The number of hydrogen-bond donors (Lipinski definition) is 1. The molecule has 4 atom stereocenters. The van der Waals surface area contributed by atoms with Crippen molar-refractivity contribution in [1.82, 2.24) is 10.2 Å². The smallest absolute Gasteiger partial charge is 0.197 e. The van der Waals surface area contributed by atoms with Gasteiger partial charge in [0.05, 0.1) is 19.8 Å². The molecule has 1 saturated heterocycles. The second kappa shape index (κ2) is 8.31. The number of hydrogen-bond acceptors (Lipinski definition) is 6. The van der Waals surface area contributed by atoms with Gasteiger partial charge >= 0.3 is 0 Å². The summed E-state index contributed by atoms with van der Waals surface area (Å²) in [6.07, 6.45) is 11.4. The van der Waals surface area contributed by atoms with Crippen LogP contribution in [0, 0.1) is 5.82 Å². The molecule has 4 aliphatic rings. The highest BCUT2D eigenvalue weighted by molar-refractivity contribution is 6.31. The summed E-state index contributed by atoms with van der Waals surface area (Å²) in [7, 11) is 0. The van der Waals surface area contributed by atoms with E-state index < -0.39 is 23.1 Å². The van der Waals surface area contributed by atoms with Gasteiger partial charge < -0.3 is 19.5 Å². The van der Waals surface area contributed by atoms with Gasteiger partial charge in [-0.1, -0.05) is 23.7 Å². The van der Waals surface area contributed by atoms with E-state index in [1.54, 1.807) is 12.1 Å². The van der Waals surface area contributed by atoms with E-state index in [0.717, 1.165) is 5.70 Å². The maximum Gasteiger partial charge on any atom is 0.197 e. The number of amidine groups is 1. The molecule has 5 rings (SSSR count). The highest BCUT2D eigenvalue weighted by Gasteiger charge is 2.52. The average molecular weight is 472 g/mol. The first-order valence-electron chi connectivity index (χ1n) is 11.1. The molecule has 1 N–H and O–H groups in total. The number of nitrogens with one attached hydrogen (secondary N) is 1. The van der Waals surface area contributed by atoms with Gasteiger partial charge in [0.2, 0.25) is 0 Å². The fraction of sp³-hybridized carbons (Fsp3) is 0.400. The summed E-state index contributed by atoms with van der Waals surface area (Å²) in [5, 5.41) is 3.93. The molecule has 8 heteroatoms. The van der Waals surface area contributed by atoms with Crippen molar-refractivity contribution in [2.75, 3.05) is 19.8 Å². The molecule has 1 aliphatic carbocycles. The molecule has 0 saturated carbocycles. The Morgan fingerprint density at radius 3 is 2.94 bits per heavy atom. The van der Waals surface area contributed by atoms with Crippen LogP contribution in [0.15, 0.2) is 71.2 Å². The maximum atomic E-state index is 15.1. The Balaban J connectivity index is 1.57. The third-order valence-electron chi connectivity index (χ3n) is 6.44.